The topological polar surface area (TPSA) is 52.0 Å². The summed E-state index contributed by atoms with van der Waals surface area (Å²) in [6, 6.07) is 0. The Hall–Kier alpha value is -0.830. The van der Waals surface area contributed by atoms with Gasteiger partial charge in [0.1, 0.15) is 6.26 Å². The van der Waals surface area contributed by atoms with Crippen molar-refractivity contribution in [2.24, 2.45) is 5.73 Å². The number of nitrogens with two attached hydrogens (primary N) is 1. The summed E-state index contributed by atoms with van der Waals surface area (Å²) in [5.41, 5.74) is 7.16. The molecule has 0 spiro atoms. The first-order chi connectivity index (χ1) is 6.22. The molecule has 0 unspecified atom stereocenters. The van der Waals surface area contributed by atoms with Gasteiger partial charge in [-0.15, -0.1) is 0 Å². The Morgan fingerprint density at radius 1 is 1.62 bits per heavy atom. The SMILES string of the molecule is CCc1nc(CCC2(N)CC2)co1. The van der Waals surface area contributed by atoms with Crippen LogP contribution in [0.5, 0.6) is 0 Å². The van der Waals surface area contributed by atoms with Crippen LogP contribution in [-0.2, 0) is 12.8 Å². The molecule has 0 aliphatic heterocycles. The predicted molar refractivity (Wildman–Crippen MR) is 50.4 cm³/mol. The highest BCUT2D eigenvalue weighted by Crippen LogP contribution is 2.36. The molecule has 3 nitrogen and oxygen atoms in total. The summed E-state index contributed by atoms with van der Waals surface area (Å²) in [7, 11) is 0. The van der Waals surface area contributed by atoms with Gasteiger partial charge in [-0.25, -0.2) is 4.98 Å². The fraction of sp³-hybridized carbons (Fsp3) is 0.700. The van der Waals surface area contributed by atoms with Gasteiger partial charge in [0.25, 0.3) is 0 Å². The molecule has 0 saturated heterocycles. The van der Waals surface area contributed by atoms with Crippen molar-refractivity contribution in [3.05, 3.63) is 17.8 Å². The summed E-state index contributed by atoms with van der Waals surface area (Å²) >= 11 is 0. The van der Waals surface area contributed by atoms with Crippen LogP contribution in [0.3, 0.4) is 0 Å². The third-order valence-corrected chi connectivity index (χ3v) is 2.67. The van der Waals surface area contributed by atoms with Crippen LogP contribution in [0.1, 0.15) is 37.8 Å². The van der Waals surface area contributed by atoms with Crippen molar-refractivity contribution >= 4 is 0 Å². The van der Waals surface area contributed by atoms with E-state index in [1.54, 1.807) is 6.26 Å². The van der Waals surface area contributed by atoms with Gasteiger partial charge in [0, 0.05) is 12.0 Å². The molecule has 0 aromatic carbocycles. The fourth-order valence-corrected chi connectivity index (χ4v) is 1.41. The van der Waals surface area contributed by atoms with Crippen LogP contribution in [0.2, 0.25) is 0 Å². The molecule has 1 aliphatic rings. The Kier molecular flexibility index (Phi) is 2.12. The lowest BCUT2D eigenvalue weighted by Crippen LogP contribution is -2.22. The largest absolute Gasteiger partial charge is 0.449 e. The van der Waals surface area contributed by atoms with Crippen LogP contribution in [0.15, 0.2) is 10.7 Å². The van der Waals surface area contributed by atoms with E-state index in [-0.39, 0.29) is 5.54 Å². The number of nitrogens with zero attached hydrogens (tertiary/aromatic N) is 1. The zero-order chi connectivity index (χ0) is 9.31. The van der Waals surface area contributed by atoms with Gasteiger partial charge in [0.2, 0.25) is 0 Å². The van der Waals surface area contributed by atoms with Crippen LogP contribution in [-0.4, -0.2) is 10.5 Å². The van der Waals surface area contributed by atoms with Crippen LogP contribution in [0.4, 0.5) is 0 Å². The molecule has 0 atom stereocenters. The van der Waals surface area contributed by atoms with Crippen LogP contribution in [0.25, 0.3) is 0 Å². The van der Waals surface area contributed by atoms with E-state index in [1.165, 1.54) is 12.8 Å². The van der Waals surface area contributed by atoms with Crippen molar-refractivity contribution in [3.8, 4) is 0 Å². The maximum Gasteiger partial charge on any atom is 0.193 e. The van der Waals surface area contributed by atoms with E-state index in [4.69, 9.17) is 10.2 Å². The quantitative estimate of drug-likeness (QED) is 0.766. The van der Waals surface area contributed by atoms with Gasteiger partial charge in [-0.2, -0.15) is 0 Å². The second-order valence-corrected chi connectivity index (χ2v) is 3.95. The van der Waals surface area contributed by atoms with Gasteiger partial charge < -0.3 is 10.2 Å². The minimum absolute atomic E-state index is 0.130. The summed E-state index contributed by atoms with van der Waals surface area (Å²) in [6.45, 7) is 2.04. The first-order valence-electron chi connectivity index (χ1n) is 4.94. The van der Waals surface area contributed by atoms with Gasteiger partial charge in [-0.3, -0.25) is 0 Å². The Labute approximate surface area is 78.3 Å². The minimum atomic E-state index is 0.130. The number of hydrogen-bond donors (Lipinski definition) is 1. The van der Waals surface area contributed by atoms with Crippen LogP contribution in [0, 0.1) is 0 Å². The molecule has 1 fully saturated rings. The second kappa shape index (κ2) is 3.14. The summed E-state index contributed by atoms with van der Waals surface area (Å²) in [5.74, 6) is 0.830. The molecule has 0 radical (unpaired) electrons. The number of hydrogen-bond acceptors (Lipinski definition) is 3. The zero-order valence-electron chi connectivity index (χ0n) is 8.05. The summed E-state index contributed by atoms with van der Waals surface area (Å²) < 4.78 is 5.25. The van der Waals surface area contributed by atoms with E-state index in [0.717, 1.165) is 30.8 Å². The highest BCUT2D eigenvalue weighted by molar-refractivity contribution is 5.04. The molecule has 0 amide bonds. The lowest BCUT2D eigenvalue weighted by molar-refractivity contribution is 0.500. The van der Waals surface area contributed by atoms with Gasteiger partial charge in [-0.1, -0.05) is 6.92 Å². The molecule has 0 bridgehead atoms. The molecular weight excluding hydrogens is 164 g/mol. The highest BCUT2D eigenvalue weighted by atomic mass is 16.3. The van der Waals surface area contributed by atoms with E-state index < -0.39 is 0 Å². The monoisotopic (exact) mass is 180 g/mol. The van der Waals surface area contributed by atoms with Gasteiger partial charge in [0.15, 0.2) is 5.89 Å². The molecule has 72 valence electrons. The molecule has 2 rings (SSSR count). The Bertz CT molecular complexity index is 289. The van der Waals surface area contributed by atoms with E-state index in [0.29, 0.717) is 0 Å². The number of aromatic nitrogens is 1. The fourth-order valence-electron chi connectivity index (χ4n) is 1.41. The van der Waals surface area contributed by atoms with Gasteiger partial charge in [-0.05, 0) is 25.7 Å². The molecular formula is C10H16N2O. The summed E-state index contributed by atoms with van der Waals surface area (Å²) in [4.78, 5) is 4.34. The van der Waals surface area contributed by atoms with Crippen molar-refractivity contribution in [1.29, 1.82) is 0 Å². The van der Waals surface area contributed by atoms with Gasteiger partial charge >= 0.3 is 0 Å². The molecule has 1 aromatic heterocycles. The van der Waals surface area contributed by atoms with Crippen molar-refractivity contribution in [2.75, 3.05) is 0 Å². The van der Waals surface area contributed by atoms with Crippen molar-refractivity contribution in [2.45, 2.75) is 44.6 Å². The van der Waals surface area contributed by atoms with Crippen molar-refractivity contribution in [1.82, 2.24) is 4.98 Å². The molecule has 1 aliphatic carbocycles. The maximum atomic E-state index is 5.98. The lowest BCUT2D eigenvalue weighted by Gasteiger charge is -2.04. The van der Waals surface area contributed by atoms with Crippen molar-refractivity contribution < 1.29 is 4.42 Å². The van der Waals surface area contributed by atoms with E-state index in [2.05, 4.69) is 4.98 Å². The Morgan fingerprint density at radius 3 is 2.92 bits per heavy atom. The van der Waals surface area contributed by atoms with E-state index in [9.17, 15) is 0 Å². The summed E-state index contributed by atoms with van der Waals surface area (Å²) in [6.07, 6.45) is 6.97. The normalized spacial score (nSPS) is 18.9. The maximum absolute atomic E-state index is 5.98. The molecule has 3 heteroatoms. The standard InChI is InChI=1S/C10H16N2O/c1-2-9-12-8(7-13-9)3-4-10(11)5-6-10/h7H,2-6,11H2,1H3. The van der Waals surface area contributed by atoms with Crippen LogP contribution >= 0.6 is 0 Å². The zero-order valence-corrected chi connectivity index (χ0v) is 8.05. The summed E-state index contributed by atoms with van der Waals surface area (Å²) in [5, 5.41) is 0. The molecule has 1 saturated carbocycles. The molecule has 1 heterocycles. The molecule has 13 heavy (non-hydrogen) atoms. The first-order valence-corrected chi connectivity index (χ1v) is 4.94. The predicted octanol–water partition coefficient (Wildman–Crippen LogP) is 1.66. The highest BCUT2D eigenvalue weighted by Gasteiger charge is 2.37. The number of rotatable bonds is 4. The smallest absolute Gasteiger partial charge is 0.193 e. The van der Waals surface area contributed by atoms with Gasteiger partial charge in [0.05, 0.1) is 5.69 Å². The first kappa shape index (κ1) is 8.75. The van der Waals surface area contributed by atoms with Crippen LogP contribution < -0.4 is 5.73 Å². The average Bonchev–Trinajstić information content (AvgIpc) is 2.69. The minimum Gasteiger partial charge on any atom is -0.449 e. The second-order valence-electron chi connectivity index (χ2n) is 3.95. The van der Waals surface area contributed by atoms with E-state index >= 15 is 0 Å². The number of oxazole rings is 1. The van der Waals surface area contributed by atoms with E-state index in [1.807, 2.05) is 6.92 Å². The third kappa shape index (κ3) is 2.10. The Balaban J connectivity index is 1.87. The lowest BCUT2D eigenvalue weighted by atomic mass is 10.1. The van der Waals surface area contributed by atoms with Crippen molar-refractivity contribution in [3.63, 3.8) is 0 Å². The average molecular weight is 180 g/mol. The Morgan fingerprint density at radius 2 is 2.38 bits per heavy atom. The third-order valence-electron chi connectivity index (χ3n) is 2.67. The molecule has 2 N–H and O–H groups in total. The molecule has 1 aromatic rings. The number of aryl methyl sites for hydroxylation is 2.